The van der Waals surface area contributed by atoms with Gasteiger partial charge in [-0.3, -0.25) is 4.79 Å². The van der Waals surface area contributed by atoms with Gasteiger partial charge in [-0.15, -0.1) is 11.6 Å². The normalized spacial score (nSPS) is 18.6. The summed E-state index contributed by atoms with van der Waals surface area (Å²) in [4.78, 5) is 11.8. The predicted octanol–water partition coefficient (Wildman–Crippen LogP) is 2.24. The molecule has 1 atom stereocenters. The van der Waals surface area contributed by atoms with Crippen LogP contribution in [0, 0.1) is 0 Å². The Labute approximate surface area is 99.3 Å². The smallest absolute Gasteiger partial charge is 0.174 e. The molecule has 1 heterocycles. The molecule has 1 aliphatic heterocycles. The van der Waals surface area contributed by atoms with Gasteiger partial charge in [-0.1, -0.05) is 30.3 Å². The molecule has 3 nitrogen and oxygen atoms in total. The highest BCUT2D eigenvalue weighted by molar-refractivity contribution is 6.22. The number of Topliss-reactive ketones (excluding diaryl/α,β-unsaturated/α-hetero) is 1. The van der Waals surface area contributed by atoms with Crippen LogP contribution in [0.3, 0.4) is 0 Å². The maximum absolute atomic E-state index is 11.8. The van der Waals surface area contributed by atoms with E-state index < -0.39 is 11.7 Å². The van der Waals surface area contributed by atoms with Crippen LogP contribution in [0.1, 0.15) is 16.8 Å². The average molecular weight is 241 g/mol. The third-order valence-corrected chi connectivity index (χ3v) is 2.78. The Balaban J connectivity index is 1.92. The van der Waals surface area contributed by atoms with Crippen molar-refractivity contribution in [2.24, 2.45) is 0 Å². The van der Waals surface area contributed by atoms with Crippen molar-refractivity contribution in [3.05, 3.63) is 35.9 Å². The van der Waals surface area contributed by atoms with Crippen LogP contribution in [-0.2, 0) is 9.47 Å². The number of ketones is 1. The fourth-order valence-corrected chi connectivity index (χ4v) is 1.89. The van der Waals surface area contributed by atoms with Crippen LogP contribution in [-0.4, -0.2) is 30.7 Å². The van der Waals surface area contributed by atoms with Gasteiger partial charge in [0.2, 0.25) is 0 Å². The van der Waals surface area contributed by atoms with Gasteiger partial charge in [0.1, 0.15) is 0 Å². The Morgan fingerprint density at radius 2 is 1.94 bits per heavy atom. The highest BCUT2D eigenvalue weighted by Gasteiger charge is 2.27. The van der Waals surface area contributed by atoms with Crippen LogP contribution in [0.25, 0.3) is 0 Å². The Kier molecular flexibility index (Phi) is 3.93. The first-order chi connectivity index (χ1) is 7.77. The molecule has 16 heavy (non-hydrogen) atoms. The third-order valence-electron chi connectivity index (χ3n) is 2.42. The molecule has 4 heteroatoms. The molecule has 1 aliphatic rings. The number of rotatable bonds is 4. The maximum Gasteiger partial charge on any atom is 0.174 e. The number of ether oxygens (including phenoxy) is 2. The van der Waals surface area contributed by atoms with Crippen molar-refractivity contribution in [1.29, 1.82) is 0 Å². The van der Waals surface area contributed by atoms with E-state index in [9.17, 15) is 4.79 Å². The fraction of sp³-hybridized carbons (Fsp3) is 0.417. The van der Waals surface area contributed by atoms with E-state index in [4.69, 9.17) is 21.1 Å². The summed E-state index contributed by atoms with van der Waals surface area (Å²) >= 11 is 6.06. The minimum absolute atomic E-state index is 0.0136. The number of benzene rings is 1. The van der Waals surface area contributed by atoms with E-state index in [1.807, 2.05) is 18.2 Å². The zero-order valence-electron chi connectivity index (χ0n) is 8.77. The topological polar surface area (TPSA) is 35.5 Å². The number of hydrogen-bond acceptors (Lipinski definition) is 3. The van der Waals surface area contributed by atoms with Gasteiger partial charge in [-0.2, -0.15) is 0 Å². The summed E-state index contributed by atoms with van der Waals surface area (Å²) < 4.78 is 10.5. The quantitative estimate of drug-likeness (QED) is 0.598. The van der Waals surface area contributed by atoms with Crippen molar-refractivity contribution in [3.8, 4) is 0 Å². The number of hydrogen-bond donors (Lipinski definition) is 0. The molecule has 0 radical (unpaired) electrons. The molecule has 0 saturated carbocycles. The van der Waals surface area contributed by atoms with E-state index in [2.05, 4.69) is 0 Å². The van der Waals surface area contributed by atoms with E-state index in [0.717, 1.165) is 0 Å². The van der Waals surface area contributed by atoms with Gasteiger partial charge in [-0.05, 0) is 0 Å². The number of carbonyl (C=O) groups excluding carboxylic acids is 1. The summed E-state index contributed by atoms with van der Waals surface area (Å²) in [7, 11) is 0. The van der Waals surface area contributed by atoms with Crippen molar-refractivity contribution in [1.82, 2.24) is 0 Å². The van der Waals surface area contributed by atoms with Gasteiger partial charge < -0.3 is 9.47 Å². The lowest BCUT2D eigenvalue weighted by molar-refractivity contribution is -0.0433. The molecule has 1 saturated heterocycles. The first-order valence-corrected chi connectivity index (χ1v) is 5.66. The summed E-state index contributed by atoms with van der Waals surface area (Å²) in [6.45, 7) is 1.10. The van der Waals surface area contributed by atoms with Gasteiger partial charge in [0.05, 0.1) is 18.6 Å². The standard InChI is InChI=1S/C12H13ClO3/c13-10(12-15-6-7-16-12)8-11(14)9-4-2-1-3-5-9/h1-5,10,12H,6-8H2. The molecule has 1 aromatic rings. The van der Waals surface area contributed by atoms with Crippen LogP contribution < -0.4 is 0 Å². The summed E-state index contributed by atoms with van der Waals surface area (Å²) in [5.41, 5.74) is 0.672. The second-order valence-electron chi connectivity index (χ2n) is 3.62. The molecule has 1 aromatic carbocycles. The lowest BCUT2D eigenvalue weighted by Gasteiger charge is -2.14. The highest BCUT2D eigenvalue weighted by Crippen LogP contribution is 2.19. The van der Waals surface area contributed by atoms with Gasteiger partial charge >= 0.3 is 0 Å². The number of alkyl halides is 1. The lowest BCUT2D eigenvalue weighted by atomic mass is 10.1. The Hall–Kier alpha value is -0.900. The first-order valence-electron chi connectivity index (χ1n) is 5.23. The van der Waals surface area contributed by atoms with E-state index in [1.54, 1.807) is 12.1 Å². The number of carbonyl (C=O) groups is 1. The molecule has 1 fully saturated rings. The maximum atomic E-state index is 11.8. The van der Waals surface area contributed by atoms with Gasteiger partial charge in [0.25, 0.3) is 0 Å². The molecular weight excluding hydrogens is 228 g/mol. The molecule has 2 rings (SSSR count). The summed E-state index contributed by atoms with van der Waals surface area (Å²) in [5.74, 6) is 0.0136. The van der Waals surface area contributed by atoms with E-state index >= 15 is 0 Å². The Morgan fingerprint density at radius 3 is 2.56 bits per heavy atom. The van der Waals surface area contributed by atoms with Crippen LogP contribution in [0.5, 0.6) is 0 Å². The van der Waals surface area contributed by atoms with Crippen molar-refractivity contribution in [2.45, 2.75) is 18.1 Å². The minimum Gasteiger partial charge on any atom is -0.349 e. The Bertz CT molecular complexity index is 347. The monoisotopic (exact) mass is 240 g/mol. The van der Waals surface area contributed by atoms with E-state index in [1.165, 1.54) is 0 Å². The van der Waals surface area contributed by atoms with E-state index in [-0.39, 0.29) is 12.2 Å². The van der Waals surface area contributed by atoms with Crippen molar-refractivity contribution >= 4 is 17.4 Å². The van der Waals surface area contributed by atoms with E-state index in [0.29, 0.717) is 18.8 Å². The van der Waals surface area contributed by atoms with Crippen molar-refractivity contribution in [2.75, 3.05) is 13.2 Å². The summed E-state index contributed by atoms with van der Waals surface area (Å²) in [6.07, 6.45) is -0.217. The van der Waals surface area contributed by atoms with Crippen LogP contribution >= 0.6 is 11.6 Å². The highest BCUT2D eigenvalue weighted by atomic mass is 35.5. The lowest BCUT2D eigenvalue weighted by Crippen LogP contribution is -2.24. The first kappa shape index (κ1) is 11.6. The fourth-order valence-electron chi connectivity index (χ4n) is 1.60. The molecular formula is C12H13ClO3. The minimum atomic E-state index is -0.450. The second-order valence-corrected chi connectivity index (χ2v) is 4.18. The average Bonchev–Trinajstić information content (AvgIpc) is 2.83. The van der Waals surface area contributed by atoms with Gasteiger partial charge in [0, 0.05) is 12.0 Å². The van der Waals surface area contributed by atoms with Crippen LogP contribution in [0.15, 0.2) is 30.3 Å². The summed E-state index contributed by atoms with van der Waals surface area (Å²) in [6, 6.07) is 9.10. The van der Waals surface area contributed by atoms with Crippen molar-refractivity contribution < 1.29 is 14.3 Å². The number of halogens is 1. The zero-order valence-corrected chi connectivity index (χ0v) is 9.52. The predicted molar refractivity (Wildman–Crippen MR) is 60.7 cm³/mol. The molecule has 0 aliphatic carbocycles. The summed E-state index contributed by atoms with van der Waals surface area (Å²) in [5, 5.41) is -0.421. The van der Waals surface area contributed by atoms with Crippen LogP contribution in [0.4, 0.5) is 0 Å². The van der Waals surface area contributed by atoms with Gasteiger partial charge in [-0.25, -0.2) is 0 Å². The van der Waals surface area contributed by atoms with Crippen molar-refractivity contribution in [3.63, 3.8) is 0 Å². The zero-order chi connectivity index (χ0) is 11.4. The largest absolute Gasteiger partial charge is 0.349 e. The Morgan fingerprint density at radius 1 is 1.31 bits per heavy atom. The second kappa shape index (κ2) is 5.43. The SMILES string of the molecule is O=C(CC(Cl)C1OCCO1)c1ccccc1. The molecule has 86 valence electrons. The van der Waals surface area contributed by atoms with Crippen LogP contribution in [0.2, 0.25) is 0 Å². The molecule has 0 N–H and O–H groups in total. The van der Waals surface area contributed by atoms with Gasteiger partial charge in [0.15, 0.2) is 12.1 Å². The molecule has 0 bridgehead atoms. The molecule has 0 amide bonds. The molecule has 1 unspecified atom stereocenters. The third kappa shape index (κ3) is 2.82. The molecule has 0 aromatic heterocycles. The molecule has 0 spiro atoms.